The molecule has 1 aromatic carbocycles. The van der Waals surface area contributed by atoms with E-state index in [0.717, 1.165) is 31.0 Å². The van der Waals surface area contributed by atoms with E-state index in [9.17, 15) is 4.39 Å². The summed E-state index contributed by atoms with van der Waals surface area (Å²) in [6, 6.07) is 10.5. The second-order valence-corrected chi connectivity index (χ2v) is 7.58. The first kappa shape index (κ1) is 22.8. The van der Waals surface area contributed by atoms with E-state index in [1.807, 2.05) is 26.1 Å². The number of aromatic nitrogens is 1. The predicted molar refractivity (Wildman–Crippen MR) is 121 cm³/mol. The first-order valence-electron chi connectivity index (χ1n) is 10.8. The van der Waals surface area contributed by atoms with E-state index in [-0.39, 0.29) is 23.8 Å². The van der Waals surface area contributed by atoms with Gasteiger partial charge in [-0.3, -0.25) is 0 Å². The zero-order chi connectivity index (χ0) is 22.1. The standard InChI is InChI=1S/C23H32FN5O2/c1-4-25-23(27-14-17(2)31-21-8-6-5-7-20(21)24)28-15-19-9-10-26-22(13-19)29-11-12-30-18(3)16-29/h5-10,13,17-18H,4,11-12,14-16H2,1-3H3,(H2,25,27,28). The van der Waals surface area contributed by atoms with Crippen LogP contribution >= 0.6 is 0 Å². The molecule has 2 N–H and O–H groups in total. The third-order valence-electron chi connectivity index (χ3n) is 4.86. The first-order chi connectivity index (χ1) is 15.0. The van der Waals surface area contributed by atoms with Crippen LogP contribution in [-0.4, -0.2) is 55.9 Å². The molecule has 8 heteroatoms. The second-order valence-electron chi connectivity index (χ2n) is 7.58. The van der Waals surface area contributed by atoms with Crippen molar-refractivity contribution < 1.29 is 13.9 Å². The van der Waals surface area contributed by atoms with Gasteiger partial charge in [-0.1, -0.05) is 12.1 Å². The molecule has 2 atom stereocenters. The van der Waals surface area contributed by atoms with E-state index < -0.39 is 0 Å². The number of hydrogen-bond acceptors (Lipinski definition) is 5. The Bertz CT molecular complexity index is 863. The van der Waals surface area contributed by atoms with E-state index in [0.29, 0.717) is 25.7 Å². The van der Waals surface area contributed by atoms with Gasteiger partial charge in [-0.25, -0.2) is 14.4 Å². The minimum Gasteiger partial charge on any atom is -0.486 e. The summed E-state index contributed by atoms with van der Waals surface area (Å²) in [6.45, 7) is 10.1. The van der Waals surface area contributed by atoms with Gasteiger partial charge < -0.3 is 25.0 Å². The number of pyridine rings is 1. The zero-order valence-electron chi connectivity index (χ0n) is 18.5. The fraction of sp³-hybridized carbons (Fsp3) is 0.478. The van der Waals surface area contributed by atoms with E-state index in [1.54, 1.807) is 18.2 Å². The molecule has 31 heavy (non-hydrogen) atoms. The predicted octanol–water partition coefficient (Wildman–Crippen LogP) is 2.97. The van der Waals surface area contributed by atoms with E-state index in [1.165, 1.54) is 6.07 Å². The van der Waals surface area contributed by atoms with Crippen molar-refractivity contribution in [2.24, 2.45) is 4.99 Å². The van der Waals surface area contributed by atoms with Crippen LogP contribution in [0.15, 0.2) is 47.6 Å². The molecular weight excluding hydrogens is 397 g/mol. The van der Waals surface area contributed by atoms with Crippen LogP contribution in [0.2, 0.25) is 0 Å². The van der Waals surface area contributed by atoms with Crippen LogP contribution in [-0.2, 0) is 11.3 Å². The molecule has 1 aliphatic rings. The van der Waals surface area contributed by atoms with Gasteiger partial charge in [0, 0.05) is 25.8 Å². The Kier molecular flexibility index (Phi) is 8.46. The summed E-state index contributed by atoms with van der Waals surface area (Å²) >= 11 is 0. The number of anilines is 1. The number of rotatable bonds is 8. The normalized spacial score (nSPS) is 17.9. The Labute approximate surface area is 183 Å². The lowest BCUT2D eigenvalue weighted by Crippen LogP contribution is -2.42. The number of ether oxygens (including phenoxy) is 2. The van der Waals surface area contributed by atoms with Crippen LogP contribution in [0.1, 0.15) is 26.3 Å². The average molecular weight is 430 g/mol. The number of para-hydroxylation sites is 1. The van der Waals surface area contributed by atoms with Crippen molar-refractivity contribution in [1.29, 1.82) is 0 Å². The number of hydrogen-bond donors (Lipinski definition) is 2. The van der Waals surface area contributed by atoms with Gasteiger partial charge in [-0.15, -0.1) is 0 Å². The van der Waals surface area contributed by atoms with Crippen LogP contribution in [0.3, 0.4) is 0 Å². The van der Waals surface area contributed by atoms with Gasteiger partial charge in [0.25, 0.3) is 0 Å². The zero-order valence-corrected chi connectivity index (χ0v) is 18.5. The lowest BCUT2D eigenvalue weighted by molar-refractivity contribution is 0.0529. The van der Waals surface area contributed by atoms with Crippen LogP contribution in [0.5, 0.6) is 5.75 Å². The molecule has 168 valence electrons. The molecule has 0 radical (unpaired) electrons. The molecule has 2 unspecified atom stereocenters. The molecule has 3 rings (SSSR count). The highest BCUT2D eigenvalue weighted by molar-refractivity contribution is 5.79. The molecule has 0 bridgehead atoms. The van der Waals surface area contributed by atoms with Crippen molar-refractivity contribution in [2.45, 2.75) is 39.5 Å². The van der Waals surface area contributed by atoms with Gasteiger partial charge in [0.2, 0.25) is 0 Å². The molecule has 1 aliphatic heterocycles. The summed E-state index contributed by atoms with van der Waals surface area (Å²) in [5.41, 5.74) is 1.08. The topological polar surface area (TPSA) is 71.0 Å². The molecule has 1 aromatic heterocycles. The van der Waals surface area contributed by atoms with Crippen molar-refractivity contribution in [1.82, 2.24) is 15.6 Å². The van der Waals surface area contributed by atoms with Crippen molar-refractivity contribution in [3.8, 4) is 5.75 Å². The molecule has 0 spiro atoms. The minimum absolute atomic E-state index is 0.204. The minimum atomic E-state index is -0.363. The Morgan fingerprint density at radius 2 is 2.19 bits per heavy atom. The van der Waals surface area contributed by atoms with E-state index in [2.05, 4.69) is 38.5 Å². The van der Waals surface area contributed by atoms with E-state index >= 15 is 0 Å². The Morgan fingerprint density at radius 1 is 1.35 bits per heavy atom. The van der Waals surface area contributed by atoms with Crippen LogP contribution in [0.4, 0.5) is 10.2 Å². The van der Waals surface area contributed by atoms with Crippen LogP contribution < -0.4 is 20.3 Å². The largest absolute Gasteiger partial charge is 0.486 e. The monoisotopic (exact) mass is 429 g/mol. The number of morpholine rings is 1. The number of nitrogens with zero attached hydrogens (tertiary/aromatic N) is 3. The van der Waals surface area contributed by atoms with Gasteiger partial charge in [0.15, 0.2) is 17.5 Å². The lowest BCUT2D eigenvalue weighted by Gasteiger charge is -2.32. The summed E-state index contributed by atoms with van der Waals surface area (Å²) in [4.78, 5) is 11.4. The number of benzene rings is 1. The average Bonchev–Trinajstić information content (AvgIpc) is 2.77. The van der Waals surface area contributed by atoms with Crippen molar-refractivity contribution in [3.63, 3.8) is 0 Å². The number of guanidine groups is 1. The van der Waals surface area contributed by atoms with Gasteiger partial charge in [0.1, 0.15) is 11.9 Å². The summed E-state index contributed by atoms with van der Waals surface area (Å²) in [5.74, 6) is 1.52. The maximum atomic E-state index is 13.8. The molecule has 0 saturated carbocycles. The fourth-order valence-electron chi connectivity index (χ4n) is 3.31. The van der Waals surface area contributed by atoms with Crippen molar-refractivity contribution in [2.75, 3.05) is 37.7 Å². The first-order valence-corrected chi connectivity index (χ1v) is 10.8. The van der Waals surface area contributed by atoms with Gasteiger partial charge in [-0.05, 0) is 50.6 Å². The quantitative estimate of drug-likeness (QED) is 0.497. The lowest BCUT2D eigenvalue weighted by atomic mass is 10.2. The van der Waals surface area contributed by atoms with E-state index in [4.69, 9.17) is 9.47 Å². The number of nitrogens with one attached hydrogen (secondary N) is 2. The number of aliphatic imine (C=N–C) groups is 1. The summed E-state index contributed by atoms with van der Waals surface area (Å²) in [5, 5.41) is 6.50. The Morgan fingerprint density at radius 3 is 2.97 bits per heavy atom. The summed E-state index contributed by atoms with van der Waals surface area (Å²) < 4.78 is 25.1. The maximum Gasteiger partial charge on any atom is 0.191 e. The van der Waals surface area contributed by atoms with Crippen LogP contribution in [0.25, 0.3) is 0 Å². The molecule has 2 heterocycles. The SMILES string of the molecule is CCNC(=NCc1ccnc(N2CCOC(C)C2)c1)NCC(C)Oc1ccccc1F. The summed E-state index contributed by atoms with van der Waals surface area (Å²) in [6.07, 6.45) is 1.80. The number of halogens is 1. The Balaban J connectivity index is 1.56. The van der Waals surface area contributed by atoms with Gasteiger partial charge >= 0.3 is 0 Å². The fourth-order valence-corrected chi connectivity index (χ4v) is 3.31. The molecule has 7 nitrogen and oxygen atoms in total. The molecular formula is C23H32FN5O2. The molecule has 2 aromatic rings. The van der Waals surface area contributed by atoms with Gasteiger partial charge in [0.05, 0.1) is 25.8 Å². The maximum absolute atomic E-state index is 13.8. The second kappa shape index (κ2) is 11.5. The molecule has 1 fully saturated rings. The molecule has 1 saturated heterocycles. The van der Waals surface area contributed by atoms with Crippen molar-refractivity contribution >= 4 is 11.8 Å². The van der Waals surface area contributed by atoms with Gasteiger partial charge in [-0.2, -0.15) is 0 Å². The summed E-state index contributed by atoms with van der Waals surface area (Å²) in [7, 11) is 0. The third-order valence-corrected chi connectivity index (χ3v) is 4.86. The van der Waals surface area contributed by atoms with Crippen molar-refractivity contribution in [3.05, 3.63) is 54.0 Å². The Hall–Kier alpha value is -2.87. The third kappa shape index (κ3) is 7.10. The molecule has 0 aliphatic carbocycles. The highest BCUT2D eigenvalue weighted by atomic mass is 19.1. The highest BCUT2D eigenvalue weighted by Gasteiger charge is 2.18. The highest BCUT2D eigenvalue weighted by Crippen LogP contribution is 2.18. The smallest absolute Gasteiger partial charge is 0.191 e. The molecule has 0 amide bonds. The van der Waals surface area contributed by atoms with Crippen LogP contribution in [0, 0.1) is 5.82 Å².